The van der Waals surface area contributed by atoms with E-state index in [1.165, 1.54) is 66.2 Å². The van der Waals surface area contributed by atoms with Crippen molar-refractivity contribution in [3.8, 4) is 22.3 Å². The van der Waals surface area contributed by atoms with E-state index in [0.29, 0.717) is 5.92 Å². The molecular weight excluding hydrogens is 496 g/mol. The second-order valence-electron chi connectivity index (χ2n) is 11.4. The van der Waals surface area contributed by atoms with Crippen LogP contribution in [0.15, 0.2) is 114 Å². The zero-order chi connectivity index (χ0) is 27.9. The zero-order valence-corrected chi connectivity index (χ0v) is 24.0. The van der Waals surface area contributed by atoms with Gasteiger partial charge in [-0.15, -0.1) is 0 Å². The molecule has 0 aliphatic carbocycles. The van der Waals surface area contributed by atoms with Crippen LogP contribution in [0.1, 0.15) is 48.4 Å². The number of aromatic nitrogens is 1. The number of fused-ring (bicyclic) bond motifs is 5. The summed E-state index contributed by atoms with van der Waals surface area (Å²) < 4.78 is 0. The third kappa shape index (κ3) is 4.44. The van der Waals surface area contributed by atoms with Crippen LogP contribution in [-0.2, 0) is 12.8 Å². The molecule has 2 heterocycles. The van der Waals surface area contributed by atoms with Gasteiger partial charge < -0.3 is 0 Å². The van der Waals surface area contributed by atoms with Gasteiger partial charge in [0.1, 0.15) is 0 Å². The Morgan fingerprint density at radius 3 is 2.02 bits per heavy atom. The van der Waals surface area contributed by atoms with Gasteiger partial charge in [0.2, 0.25) is 0 Å². The molecule has 0 unspecified atom stereocenters. The van der Waals surface area contributed by atoms with Gasteiger partial charge in [-0.05, 0) is 98.3 Å². The van der Waals surface area contributed by atoms with Crippen LogP contribution in [0, 0.1) is 6.92 Å². The Kier molecular flexibility index (Phi) is 6.47. The predicted octanol–water partition coefficient (Wildman–Crippen LogP) is 10.4. The van der Waals surface area contributed by atoms with Crippen LogP contribution < -0.4 is 0 Å². The van der Waals surface area contributed by atoms with Crippen LogP contribution in [-0.4, -0.2) is 10.7 Å². The molecular formula is C39H34N2. The van der Waals surface area contributed by atoms with Gasteiger partial charge in [-0.25, -0.2) is 0 Å². The summed E-state index contributed by atoms with van der Waals surface area (Å²) in [5.74, 6) is 0.422. The van der Waals surface area contributed by atoms with Crippen molar-refractivity contribution in [3.05, 3.63) is 132 Å². The SMILES string of the molecule is CC/C1=N/c2cccc(c2C)C[C@@H](C)c2ccc(-c3c4ccccc4c(-c4cccnc4)c4ccccc34)cc2C1. The zero-order valence-electron chi connectivity index (χ0n) is 24.0. The van der Waals surface area contributed by atoms with Crippen LogP contribution in [0.2, 0.25) is 0 Å². The normalized spacial score (nSPS) is 16.3. The molecule has 1 atom stereocenters. The molecule has 6 aromatic rings. The number of hydrogen-bond acceptors (Lipinski definition) is 2. The highest BCUT2D eigenvalue weighted by Gasteiger charge is 2.20. The molecule has 1 aromatic heterocycles. The van der Waals surface area contributed by atoms with Crippen LogP contribution in [0.4, 0.5) is 5.69 Å². The van der Waals surface area contributed by atoms with E-state index in [0.717, 1.165) is 30.5 Å². The maximum atomic E-state index is 5.19. The molecule has 5 aromatic carbocycles. The Bertz CT molecular complexity index is 1890. The van der Waals surface area contributed by atoms with Crippen molar-refractivity contribution in [1.29, 1.82) is 0 Å². The third-order valence-corrected chi connectivity index (χ3v) is 8.87. The summed E-state index contributed by atoms with van der Waals surface area (Å²) in [6.07, 6.45) is 6.66. The van der Waals surface area contributed by atoms with Crippen molar-refractivity contribution in [3.63, 3.8) is 0 Å². The first kappa shape index (κ1) is 25.4. The van der Waals surface area contributed by atoms with E-state index in [1.807, 2.05) is 18.5 Å². The average Bonchev–Trinajstić information content (AvgIpc) is 3.01. The molecule has 2 heteroatoms. The van der Waals surface area contributed by atoms with Gasteiger partial charge in [0, 0.05) is 30.1 Å². The van der Waals surface area contributed by atoms with Gasteiger partial charge in [0.25, 0.3) is 0 Å². The van der Waals surface area contributed by atoms with Crippen LogP contribution >= 0.6 is 0 Å². The standard InChI is InChI=1S/C39H34N2/c1-4-31-23-30-22-28(18-19-32(30)25(2)21-27-11-9-17-37(41-31)26(27)3)38-33-13-5-7-15-35(33)39(29-12-10-20-40-24-29)36-16-8-6-14-34(36)38/h5-20,22,24-25H,4,21,23H2,1-3H3/b41-31-/t25-/m1/s1. The lowest BCUT2D eigenvalue weighted by Gasteiger charge is -2.23. The first-order chi connectivity index (χ1) is 20.1. The van der Waals surface area contributed by atoms with Gasteiger partial charge in [0.05, 0.1) is 5.69 Å². The van der Waals surface area contributed by atoms with Gasteiger partial charge >= 0.3 is 0 Å². The quantitative estimate of drug-likeness (QED) is 0.209. The largest absolute Gasteiger partial charge is 0.264 e. The molecule has 1 aliphatic rings. The second kappa shape index (κ2) is 10.4. The summed E-state index contributed by atoms with van der Waals surface area (Å²) in [6, 6.07) is 35.7. The van der Waals surface area contributed by atoms with Crippen molar-refractivity contribution in [2.24, 2.45) is 4.99 Å². The Hall–Kier alpha value is -4.56. The fourth-order valence-corrected chi connectivity index (χ4v) is 6.74. The minimum atomic E-state index is 0.422. The van der Waals surface area contributed by atoms with E-state index >= 15 is 0 Å². The fraction of sp³-hybridized carbons (Fsp3) is 0.179. The molecule has 200 valence electrons. The molecule has 1 aliphatic heterocycles. The van der Waals surface area contributed by atoms with Gasteiger partial charge in [-0.3, -0.25) is 9.98 Å². The Labute approximate surface area is 242 Å². The van der Waals surface area contributed by atoms with Crippen molar-refractivity contribution >= 4 is 32.9 Å². The Morgan fingerprint density at radius 1 is 0.707 bits per heavy atom. The highest BCUT2D eigenvalue weighted by molar-refractivity contribution is 6.21. The first-order valence-electron chi connectivity index (χ1n) is 14.7. The van der Waals surface area contributed by atoms with Gasteiger partial charge in [-0.1, -0.05) is 98.8 Å². The molecule has 0 saturated carbocycles. The van der Waals surface area contributed by atoms with Gasteiger partial charge in [0.15, 0.2) is 0 Å². The summed E-state index contributed by atoms with van der Waals surface area (Å²) in [6.45, 7) is 6.84. The highest BCUT2D eigenvalue weighted by atomic mass is 14.7. The molecule has 7 rings (SSSR count). The molecule has 0 spiro atoms. The van der Waals surface area contributed by atoms with E-state index in [1.54, 1.807) is 0 Å². The molecule has 41 heavy (non-hydrogen) atoms. The molecule has 0 saturated heterocycles. The van der Waals surface area contributed by atoms with E-state index in [2.05, 4.69) is 117 Å². The lowest BCUT2D eigenvalue weighted by Crippen LogP contribution is -2.10. The lowest BCUT2D eigenvalue weighted by atomic mass is 9.82. The second-order valence-corrected chi connectivity index (χ2v) is 11.4. The van der Waals surface area contributed by atoms with Crippen LogP contribution in [0.3, 0.4) is 0 Å². The summed E-state index contributed by atoms with van der Waals surface area (Å²) in [4.78, 5) is 9.65. The Morgan fingerprint density at radius 2 is 1.39 bits per heavy atom. The molecule has 0 fully saturated rings. The predicted molar refractivity (Wildman–Crippen MR) is 175 cm³/mol. The van der Waals surface area contributed by atoms with E-state index < -0.39 is 0 Å². The summed E-state index contributed by atoms with van der Waals surface area (Å²) >= 11 is 0. The minimum Gasteiger partial charge on any atom is -0.264 e. The topological polar surface area (TPSA) is 25.2 Å². The van der Waals surface area contributed by atoms with E-state index in [9.17, 15) is 0 Å². The monoisotopic (exact) mass is 530 g/mol. The van der Waals surface area contributed by atoms with Crippen molar-refractivity contribution in [1.82, 2.24) is 4.98 Å². The van der Waals surface area contributed by atoms with Crippen molar-refractivity contribution in [2.75, 3.05) is 0 Å². The van der Waals surface area contributed by atoms with E-state index in [-0.39, 0.29) is 0 Å². The number of aliphatic imine (C=N–C) groups is 1. The van der Waals surface area contributed by atoms with Crippen LogP contribution in [0.25, 0.3) is 43.8 Å². The maximum absolute atomic E-state index is 5.19. The smallest absolute Gasteiger partial charge is 0.0661 e. The molecule has 2 nitrogen and oxygen atoms in total. The number of pyridine rings is 1. The summed E-state index contributed by atoms with van der Waals surface area (Å²) in [5.41, 5.74) is 12.9. The highest BCUT2D eigenvalue weighted by Crippen LogP contribution is 2.44. The summed E-state index contributed by atoms with van der Waals surface area (Å²) in [7, 11) is 0. The van der Waals surface area contributed by atoms with E-state index in [4.69, 9.17) is 4.99 Å². The number of benzene rings is 5. The average molecular weight is 531 g/mol. The van der Waals surface area contributed by atoms with Crippen molar-refractivity contribution < 1.29 is 0 Å². The minimum absolute atomic E-state index is 0.422. The number of rotatable bonds is 3. The fourth-order valence-electron chi connectivity index (χ4n) is 6.74. The van der Waals surface area contributed by atoms with Crippen molar-refractivity contribution in [2.45, 2.75) is 46.0 Å². The third-order valence-electron chi connectivity index (χ3n) is 8.87. The molecule has 2 bridgehead atoms. The Balaban J connectivity index is 1.48. The molecule has 0 radical (unpaired) electrons. The van der Waals surface area contributed by atoms with Gasteiger partial charge in [-0.2, -0.15) is 0 Å². The molecule has 0 amide bonds. The number of nitrogens with zero attached hydrogens (tertiary/aromatic N) is 2. The summed E-state index contributed by atoms with van der Waals surface area (Å²) in [5, 5.41) is 5.06. The number of hydrogen-bond donors (Lipinski definition) is 0. The maximum Gasteiger partial charge on any atom is 0.0661 e. The molecule has 0 N–H and O–H groups in total. The van der Waals surface area contributed by atoms with Crippen LogP contribution in [0.5, 0.6) is 0 Å². The lowest BCUT2D eigenvalue weighted by molar-refractivity contribution is 0.746. The first-order valence-corrected chi connectivity index (χ1v) is 14.7.